The van der Waals surface area contributed by atoms with Gasteiger partial charge in [-0.25, -0.2) is 10.4 Å². The van der Waals surface area contributed by atoms with Crippen LogP contribution in [-0.4, -0.2) is 33.2 Å². The quantitative estimate of drug-likeness (QED) is 0.176. The van der Waals surface area contributed by atoms with Gasteiger partial charge in [-0.15, -0.1) is 16.4 Å². The zero-order chi connectivity index (χ0) is 24.8. The number of anilines is 1. The summed E-state index contributed by atoms with van der Waals surface area (Å²) in [5.74, 6) is -0.0399. The predicted octanol–water partition coefficient (Wildman–Crippen LogP) is 5.10. The molecule has 0 radical (unpaired) electrons. The van der Waals surface area contributed by atoms with Crippen LogP contribution in [0.3, 0.4) is 0 Å². The first kappa shape index (κ1) is 24.4. The molecule has 0 bridgehead atoms. The largest absolute Gasteiger partial charge is 0.320 e. The first-order chi connectivity index (χ1) is 16.9. The summed E-state index contributed by atoms with van der Waals surface area (Å²) in [5, 5.41) is 16.2. The molecule has 4 rings (SSSR count). The van der Waals surface area contributed by atoms with E-state index in [1.165, 1.54) is 35.0 Å². The molecule has 2 aromatic heterocycles. The third-order valence-electron chi connectivity index (χ3n) is 5.28. The molecule has 0 unspecified atom stereocenters. The van der Waals surface area contributed by atoms with Crippen molar-refractivity contribution < 1.29 is 9.59 Å². The SMILES string of the molecule is Cc1ccc(/C=N/NC(=O)c2scc(C)c2NC(=O)c2cccc(CSc3nc[nH]n3)c2)cc1C. The maximum absolute atomic E-state index is 13.0. The molecular formula is C25H24N6O2S2. The van der Waals surface area contributed by atoms with Gasteiger partial charge in [0.25, 0.3) is 11.8 Å². The Kier molecular flexibility index (Phi) is 7.74. The van der Waals surface area contributed by atoms with E-state index in [1.807, 2.05) is 62.5 Å². The minimum absolute atomic E-state index is 0.288. The van der Waals surface area contributed by atoms with E-state index in [0.29, 0.717) is 27.0 Å². The van der Waals surface area contributed by atoms with Gasteiger partial charge in [0, 0.05) is 11.3 Å². The number of H-pyrrole nitrogens is 1. The van der Waals surface area contributed by atoms with Gasteiger partial charge in [-0.2, -0.15) is 5.10 Å². The molecule has 0 aliphatic heterocycles. The number of nitrogens with one attached hydrogen (secondary N) is 3. The molecule has 4 aromatic rings. The maximum atomic E-state index is 13.0. The highest BCUT2D eigenvalue weighted by atomic mass is 32.2. The van der Waals surface area contributed by atoms with Crippen molar-refractivity contribution in [2.45, 2.75) is 31.7 Å². The van der Waals surface area contributed by atoms with Crippen LogP contribution in [0.1, 0.15) is 47.8 Å². The highest BCUT2D eigenvalue weighted by Crippen LogP contribution is 2.28. The van der Waals surface area contributed by atoms with Crippen LogP contribution in [0.25, 0.3) is 0 Å². The van der Waals surface area contributed by atoms with Crippen molar-refractivity contribution in [2.75, 3.05) is 5.32 Å². The van der Waals surface area contributed by atoms with Gasteiger partial charge in [-0.1, -0.05) is 42.1 Å². The number of benzene rings is 2. The third kappa shape index (κ3) is 6.23. The van der Waals surface area contributed by atoms with E-state index in [1.54, 1.807) is 12.3 Å². The topological polar surface area (TPSA) is 112 Å². The van der Waals surface area contributed by atoms with Gasteiger partial charge in [0.1, 0.15) is 11.2 Å². The predicted molar refractivity (Wildman–Crippen MR) is 140 cm³/mol. The van der Waals surface area contributed by atoms with Gasteiger partial charge in [0.2, 0.25) is 5.16 Å². The fraction of sp³-hybridized carbons (Fsp3) is 0.160. The molecule has 0 aliphatic rings. The van der Waals surface area contributed by atoms with Crippen molar-refractivity contribution in [3.05, 3.63) is 92.4 Å². The van der Waals surface area contributed by atoms with Crippen LogP contribution in [0, 0.1) is 20.8 Å². The van der Waals surface area contributed by atoms with E-state index in [9.17, 15) is 9.59 Å². The van der Waals surface area contributed by atoms with Crippen molar-refractivity contribution in [2.24, 2.45) is 5.10 Å². The number of carbonyl (C=O) groups is 2. The lowest BCUT2D eigenvalue weighted by atomic mass is 10.1. The molecule has 2 amide bonds. The van der Waals surface area contributed by atoms with E-state index in [4.69, 9.17) is 0 Å². The number of hydrogen-bond acceptors (Lipinski definition) is 7. The Morgan fingerprint density at radius 1 is 1.09 bits per heavy atom. The number of rotatable bonds is 8. The molecule has 0 spiro atoms. The minimum Gasteiger partial charge on any atom is -0.320 e. The number of hydrazone groups is 1. The van der Waals surface area contributed by atoms with Crippen LogP contribution in [0.15, 0.2) is 64.4 Å². The van der Waals surface area contributed by atoms with Gasteiger partial charge < -0.3 is 5.32 Å². The summed E-state index contributed by atoms with van der Waals surface area (Å²) in [7, 11) is 0. The number of amides is 2. The number of thioether (sulfide) groups is 1. The van der Waals surface area contributed by atoms with Crippen molar-refractivity contribution in [1.29, 1.82) is 0 Å². The summed E-state index contributed by atoms with van der Waals surface area (Å²) >= 11 is 2.73. The second kappa shape index (κ2) is 11.1. The minimum atomic E-state index is -0.380. The third-order valence-corrected chi connectivity index (χ3v) is 7.31. The number of hydrogen-bond donors (Lipinski definition) is 3. The average Bonchev–Trinajstić information content (AvgIpc) is 3.50. The van der Waals surface area contributed by atoms with Crippen LogP contribution >= 0.6 is 23.1 Å². The fourth-order valence-corrected chi connectivity index (χ4v) is 4.85. The van der Waals surface area contributed by atoms with Gasteiger partial charge in [-0.05, 0) is 66.1 Å². The molecule has 0 saturated carbocycles. The van der Waals surface area contributed by atoms with E-state index in [2.05, 4.69) is 31.0 Å². The van der Waals surface area contributed by atoms with Crippen LogP contribution in [0.2, 0.25) is 0 Å². The Morgan fingerprint density at radius 2 is 1.94 bits per heavy atom. The normalized spacial score (nSPS) is 11.1. The number of carbonyl (C=O) groups excluding carboxylic acids is 2. The van der Waals surface area contributed by atoms with E-state index >= 15 is 0 Å². The summed E-state index contributed by atoms with van der Waals surface area (Å²) in [6.07, 6.45) is 3.13. The van der Waals surface area contributed by atoms with Gasteiger partial charge in [-0.3, -0.25) is 14.7 Å². The Bertz CT molecular complexity index is 1380. The lowest BCUT2D eigenvalue weighted by molar-refractivity contribution is 0.0960. The second-order valence-corrected chi connectivity index (χ2v) is 9.71. The Morgan fingerprint density at radius 3 is 2.71 bits per heavy atom. The zero-order valence-electron chi connectivity index (χ0n) is 19.5. The fourth-order valence-electron chi connectivity index (χ4n) is 3.23. The molecule has 0 saturated heterocycles. The first-order valence-corrected chi connectivity index (χ1v) is 12.6. The summed E-state index contributed by atoms with van der Waals surface area (Å²) in [6, 6.07) is 13.3. The second-order valence-electron chi connectivity index (χ2n) is 7.89. The van der Waals surface area contributed by atoms with E-state index < -0.39 is 0 Å². The Balaban J connectivity index is 1.42. The number of nitrogens with zero attached hydrogens (tertiary/aromatic N) is 3. The highest BCUT2D eigenvalue weighted by Gasteiger charge is 2.19. The Hall–Kier alpha value is -3.76. The van der Waals surface area contributed by atoms with Crippen LogP contribution in [0.5, 0.6) is 0 Å². The molecule has 10 heteroatoms. The number of thiophene rings is 1. The molecule has 0 atom stereocenters. The number of aromatic amines is 1. The van der Waals surface area contributed by atoms with E-state index in [0.717, 1.165) is 22.3 Å². The number of aryl methyl sites for hydroxylation is 3. The van der Waals surface area contributed by atoms with Gasteiger partial charge in [0.15, 0.2) is 0 Å². The number of aromatic nitrogens is 3. The van der Waals surface area contributed by atoms with Crippen molar-refractivity contribution in [1.82, 2.24) is 20.6 Å². The summed E-state index contributed by atoms with van der Waals surface area (Å²) in [6.45, 7) is 5.92. The lowest BCUT2D eigenvalue weighted by Gasteiger charge is -2.09. The molecule has 8 nitrogen and oxygen atoms in total. The van der Waals surface area contributed by atoms with Crippen molar-refractivity contribution in [3.8, 4) is 0 Å². The van der Waals surface area contributed by atoms with Crippen molar-refractivity contribution >= 4 is 46.8 Å². The van der Waals surface area contributed by atoms with Crippen molar-refractivity contribution in [3.63, 3.8) is 0 Å². The van der Waals surface area contributed by atoms with Crippen LogP contribution in [0.4, 0.5) is 5.69 Å². The van der Waals surface area contributed by atoms with Gasteiger partial charge in [0.05, 0.1) is 11.9 Å². The Labute approximate surface area is 211 Å². The molecule has 2 heterocycles. The molecule has 2 aromatic carbocycles. The molecule has 0 aliphatic carbocycles. The zero-order valence-corrected chi connectivity index (χ0v) is 21.1. The molecule has 35 heavy (non-hydrogen) atoms. The summed E-state index contributed by atoms with van der Waals surface area (Å²) in [4.78, 5) is 30.2. The van der Waals surface area contributed by atoms with Crippen LogP contribution < -0.4 is 10.7 Å². The standard InChI is InChI=1S/C25H24N6O2S2/c1-15-7-8-18(9-16(15)2)11-27-30-24(33)22-21(17(3)12-34-22)29-23(32)20-6-4-5-19(10-20)13-35-25-26-14-28-31-25/h4-12,14H,13H2,1-3H3,(H,29,32)(H,30,33)(H,26,28,31)/b27-11+. The monoisotopic (exact) mass is 504 g/mol. The molecular weight excluding hydrogens is 480 g/mol. The average molecular weight is 505 g/mol. The summed E-state index contributed by atoms with van der Waals surface area (Å²) < 4.78 is 0. The smallest absolute Gasteiger partial charge is 0.283 e. The molecule has 0 fully saturated rings. The van der Waals surface area contributed by atoms with Crippen LogP contribution in [-0.2, 0) is 5.75 Å². The summed E-state index contributed by atoms with van der Waals surface area (Å²) in [5.41, 5.74) is 8.56. The molecule has 178 valence electrons. The lowest BCUT2D eigenvalue weighted by Crippen LogP contribution is -2.20. The highest BCUT2D eigenvalue weighted by molar-refractivity contribution is 7.98. The molecule has 3 N–H and O–H groups in total. The van der Waals surface area contributed by atoms with E-state index in [-0.39, 0.29) is 11.8 Å². The first-order valence-electron chi connectivity index (χ1n) is 10.8. The van der Waals surface area contributed by atoms with Gasteiger partial charge >= 0.3 is 0 Å². The maximum Gasteiger partial charge on any atom is 0.283 e.